The zero-order valence-electron chi connectivity index (χ0n) is 8.03. The Labute approximate surface area is 87.8 Å². The molecule has 0 aliphatic heterocycles. The van der Waals surface area contributed by atoms with E-state index in [0.29, 0.717) is 6.54 Å². The van der Waals surface area contributed by atoms with Crippen LogP contribution in [0.3, 0.4) is 0 Å². The predicted octanol–water partition coefficient (Wildman–Crippen LogP) is 1.64. The minimum Gasteiger partial charge on any atom is -0.396 e. The molecule has 0 aliphatic rings. The van der Waals surface area contributed by atoms with Gasteiger partial charge in [0, 0.05) is 24.1 Å². The van der Waals surface area contributed by atoms with Crippen LogP contribution in [-0.2, 0) is 0 Å². The van der Waals surface area contributed by atoms with Crippen molar-refractivity contribution in [3.8, 4) is 0 Å². The first-order valence-corrected chi connectivity index (χ1v) is 5.70. The topological polar surface area (TPSA) is 49.3 Å². The van der Waals surface area contributed by atoms with E-state index in [1.54, 1.807) is 0 Å². The molecule has 0 fully saturated rings. The van der Waals surface area contributed by atoms with Crippen molar-refractivity contribution < 1.29 is 9.90 Å². The summed E-state index contributed by atoms with van der Waals surface area (Å²) in [6.45, 7) is 0.924. The number of hydrogen-bond donors (Lipinski definition) is 2. The molecule has 3 nitrogen and oxygen atoms in total. The molecular formula is C10H15NO2S. The SMILES string of the molecule is O=C(NCCCCCO)c1ccsc1. The highest BCUT2D eigenvalue weighted by Crippen LogP contribution is 2.05. The van der Waals surface area contributed by atoms with Crippen LogP contribution in [0.25, 0.3) is 0 Å². The largest absolute Gasteiger partial charge is 0.396 e. The lowest BCUT2D eigenvalue weighted by atomic mass is 10.2. The van der Waals surface area contributed by atoms with Crippen LogP contribution in [0.15, 0.2) is 16.8 Å². The maximum absolute atomic E-state index is 11.4. The fourth-order valence-corrected chi connectivity index (χ4v) is 1.75. The quantitative estimate of drug-likeness (QED) is 0.706. The van der Waals surface area contributed by atoms with Crippen molar-refractivity contribution >= 4 is 17.2 Å². The molecule has 0 saturated carbocycles. The number of unbranched alkanes of at least 4 members (excludes halogenated alkanes) is 2. The molecule has 0 unspecified atom stereocenters. The fourth-order valence-electron chi connectivity index (χ4n) is 1.11. The normalized spacial score (nSPS) is 10.1. The van der Waals surface area contributed by atoms with Gasteiger partial charge in [0.1, 0.15) is 0 Å². The zero-order valence-corrected chi connectivity index (χ0v) is 8.85. The molecule has 0 radical (unpaired) electrons. The van der Waals surface area contributed by atoms with Crippen LogP contribution in [0.1, 0.15) is 29.6 Å². The summed E-state index contributed by atoms with van der Waals surface area (Å²) in [4.78, 5) is 11.4. The van der Waals surface area contributed by atoms with E-state index in [1.807, 2.05) is 16.8 Å². The van der Waals surface area contributed by atoms with Gasteiger partial charge in [-0.3, -0.25) is 4.79 Å². The summed E-state index contributed by atoms with van der Waals surface area (Å²) in [7, 11) is 0. The molecule has 1 heterocycles. The summed E-state index contributed by atoms with van der Waals surface area (Å²) in [5.74, 6) is -0.00440. The first kappa shape index (κ1) is 11.2. The lowest BCUT2D eigenvalue weighted by Gasteiger charge is -2.02. The van der Waals surface area contributed by atoms with Crippen molar-refractivity contribution in [3.63, 3.8) is 0 Å². The molecule has 0 atom stereocenters. The van der Waals surface area contributed by atoms with E-state index in [9.17, 15) is 4.79 Å². The average Bonchev–Trinajstić information content (AvgIpc) is 2.70. The van der Waals surface area contributed by atoms with Crippen LogP contribution in [-0.4, -0.2) is 24.2 Å². The lowest BCUT2D eigenvalue weighted by molar-refractivity contribution is 0.0953. The number of aliphatic hydroxyl groups is 1. The number of amides is 1. The Morgan fingerprint density at radius 1 is 1.43 bits per heavy atom. The Morgan fingerprint density at radius 3 is 2.93 bits per heavy atom. The van der Waals surface area contributed by atoms with Crippen molar-refractivity contribution in [2.45, 2.75) is 19.3 Å². The van der Waals surface area contributed by atoms with Gasteiger partial charge in [0.25, 0.3) is 5.91 Å². The molecule has 0 saturated heterocycles. The van der Waals surface area contributed by atoms with Crippen LogP contribution in [0.2, 0.25) is 0 Å². The minimum absolute atomic E-state index is 0.00440. The number of carbonyl (C=O) groups is 1. The molecule has 1 aromatic heterocycles. The van der Waals surface area contributed by atoms with Crippen molar-refractivity contribution in [1.29, 1.82) is 0 Å². The van der Waals surface area contributed by atoms with Crippen LogP contribution in [0.5, 0.6) is 0 Å². The number of carbonyl (C=O) groups excluding carboxylic acids is 1. The molecular weight excluding hydrogens is 198 g/mol. The standard InChI is InChI=1S/C10H15NO2S/c12-6-3-1-2-5-11-10(13)9-4-7-14-8-9/h4,7-8,12H,1-3,5-6H2,(H,11,13). The highest BCUT2D eigenvalue weighted by atomic mass is 32.1. The Kier molecular flexibility index (Phi) is 5.25. The van der Waals surface area contributed by atoms with Gasteiger partial charge in [-0.2, -0.15) is 11.3 Å². The van der Waals surface area contributed by atoms with Gasteiger partial charge in [0.05, 0.1) is 0 Å². The molecule has 0 bridgehead atoms. The summed E-state index contributed by atoms with van der Waals surface area (Å²) < 4.78 is 0. The van der Waals surface area contributed by atoms with Gasteiger partial charge < -0.3 is 10.4 Å². The summed E-state index contributed by atoms with van der Waals surface area (Å²) >= 11 is 1.52. The van der Waals surface area contributed by atoms with Crippen LogP contribution in [0, 0.1) is 0 Å². The summed E-state index contributed by atoms with van der Waals surface area (Å²) in [5, 5.41) is 15.1. The van der Waals surface area contributed by atoms with E-state index in [4.69, 9.17) is 5.11 Å². The van der Waals surface area contributed by atoms with E-state index in [1.165, 1.54) is 11.3 Å². The van der Waals surface area contributed by atoms with Gasteiger partial charge in [-0.1, -0.05) is 0 Å². The molecule has 1 aromatic rings. The van der Waals surface area contributed by atoms with Gasteiger partial charge in [0.2, 0.25) is 0 Å². The Bertz CT molecular complexity index is 259. The lowest BCUT2D eigenvalue weighted by Crippen LogP contribution is -2.23. The minimum atomic E-state index is -0.00440. The van der Waals surface area contributed by atoms with Gasteiger partial charge in [0.15, 0.2) is 0 Å². The maximum atomic E-state index is 11.4. The van der Waals surface area contributed by atoms with Crippen LogP contribution < -0.4 is 5.32 Å². The third-order valence-electron chi connectivity index (χ3n) is 1.90. The zero-order chi connectivity index (χ0) is 10.2. The van der Waals surface area contributed by atoms with Gasteiger partial charge in [-0.05, 0) is 30.7 Å². The van der Waals surface area contributed by atoms with Gasteiger partial charge >= 0.3 is 0 Å². The highest BCUT2D eigenvalue weighted by molar-refractivity contribution is 7.08. The van der Waals surface area contributed by atoms with Crippen LogP contribution >= 0.6 is 11.3 Å². The molecule has 4 heteroatoms. The van der Waals surface area contributed by atoms with Crippen molar-refractivity contribution in [1.82, 2.24) is 5.32 Å². The second kappa shape index (κ2) is 6.56. The molecule has 0 aliphatic carbocycles. The molecule has 1 amide bonds. The number of rotatable bonds is 6. The van der Waals surface area contributed by atoms with Gasteiger partial charge in [-0.15, -0.1) is 0 Å². The smallest absolute Gasteiger partial charge is 0.252 e. The molecule has 0 aromatic carbocycles. The Balaban J connectivity index is 2.10. The number of thiophene rings is 1. The molecule has 14 heavy (non-hydrogen) atoms. The second-order valence-electron chi connectivity index (χ2n) is 3.05. The number of aliphatic hydroxyl groups excluding tert-OH is 1. The fraction of sp³-hybridized carbons (Fsp3) is 0.500. The monoisotopic (exact) mass is 213 g/mol. The van der Waals surface area contributed by atoms with E-state index < -0.39 is 0 Å². The predicted molar refractivity (Wildman–Crippen MR) is 57.6 cm³/mol. The molecule has 2 N–H and O–H groups in total. The molecule has 78 valence electrons. The Morgan fingerprint density at radius 2 is 2.29 bits per heavy atom. The third-order valence-corrected chi connectivity index (χ3v) is 2.59. The van der Waals surface area contributed by atoms with Crippen molar-refractivity contribution in [2.75, 3.05) is 13.2 Å². The van der Waals surface area contributed by atoms with E-state index in [0.717, 1.165) is 24.8 Å². The van der Waals surface area contributed by atoms with Crippen molar-refractivity contribution in [3.05, 3.63) is 22.4 Å². The third kappa shape index (κ3) is 3.89. The molecule has 0 spiro atoms. The maximum Gasteiger partial charge on any atom is 0.252 e. The summed E-state index contributed by atoms with van der Waals surface area (Å²) in [6, 6.07) is 1.81. The summed E-state index contributed by atoms with van der Waals surface area (Å²) in [5.41, 5.74) is 0.733. The van der Waals surface area contributed by atoms with E-state index in [-0.39, 0.29) is 12.5 Å². The number of nitrogens with one attached hydrogen (secondary N) is 1. The van der Waals surface area contributed by atoms with Crippen LogP contribution in [0.4, 0.5) is 0 Å². The highest BCUT2D eigenvalue weighted by Gasteiger charge is 2.03. The number of hydrogen-bond acceptors (Lipinski definition) is 3. The average molecular weight is 213 g/mol. The van der Waals surface area contributed by atoms with Crippen molar-refractivity contribution in [2.24, 2.45) is 0 Å². The van der Waals surface area contributed by atoms with Gasteiger partial charge in [-0.25, -0.2) is 0 Å². The molecule has 1 rings (SSSR count). The first-order valence-electron chi connectivity index (χ1n) is 4.76. The Hall–Kier alpha value is -0.870. The van der Waals surface area contributed by atoms with E-state index >= 15 is 0 Å². The first-order chi connectivity index (χ1) is 6.84. The van der Waals surface area contributed by atoms with E-state index in [2.05, 4.69) is 5.32 Å². The second-order valence-corrected chi connectivity index (χ2v) is 3.83. The summed E-state index contributed by atoms with van der Waals surface area (Å²) in [6.07, 6.45) is 2.70.